The van der Waals surface area contributed by atoms with E-state index in [4.69, 9.17) is 4.98 Å². The first-order chi connectivity index (χ1) is 15.7. The molecule has 0 aliphatic carbocycles. The highest BCUT2D eigenvalue weighted by molar-refractivity contribution is 5.96. The zero-order chi connectivity index (χ0) is 23.6. The SMILES string of the molecule is Cc1cccn2c(NC(=O)C3CCN(C(=O)OCC(F)(F)F)CC3)c(-c3ccccc3)nc12. The summed E-state index contributed by atoms with van der Waals surface area (Å²) in [6.07, 6.45) is -3.12. The zero-order valence-electron chi connectivity index (χ0n) is 17.9. The van der Waals surface area contributed by atoms with Gasteiger partial charge in [-0.1, -0.05) is 36.4 Å². The lowest BCUT2D eigenvalue weighted by Crippen LogP contribution is -2.42. The number of likely N-dealkylation sites (tertiary alicyclic amines) is 1. The molecule has 7 nitrogen and oxygen atoms in total. The van der Waals surface area contributed by atoms with Crippen LogP contribution in [0.4, 0.5) is 23.8 Å². The number of carbonyl (C=O) groups is 2. The second-order valence-electron chi connectivity index (χ2n) is 7.98. The van der Waals surface area contributed by atoms with Crippen molar-refractivity contribution in [2.75, 3.05) is 25.0 Å². The highest BCUT2D eigenvalue weighted by Gasteiger charge is 2.33. The highest BCUT2D eigenvalue weighted by Crippen LogP contribution is 2.31. The van der Waals surface area contributed by atoms with Gasteiger partial charge in [0.15, 0.2) is 6.61 Å². The van der Waals surface area contributed by atoms with Crippen molar-refractivity contribution in [2.45, 2.75) is 25.9 Å². The standard InChI is InChI=1S/C23H23F3N4O3/c1-15-6-5-11-30-19(15)27-18(16-7-3-2-4-8-16)20(30)28-21(31)17-9-12-29(13-10-17)22(32)33-14-23(24,25)26/h2-8,11,17H,9-10,12-14H2,1H3,(H,28,31). The Morgan fingerprint density at radius 2 is 1.82 bits per heavy atom. The number of benzene rings is 1. The average molecular weight is 460 g/mol. The third-order valence-electron chi connectivity index (χ3n) is 5.62. The molecule has 2 aromatic heterocycles. The molecule has 0 bridgehead atoms. The number of fused-ring (bicyclic) bond motifs is 1. The number of aryl methyl sites for hydroxylation is 1. The summed E-state index contributed by atoms with van der Waals surface area (Å²) >= 11 is 0. The van der Waals surface area contributed by atoms with Gasteiger partial charge >= 0.3 is 12.3 Å². The fraction of sp³-hybridized carbons (Fsp3) is 0.348. The number of ether oxygens (including phenoxy) is 1. The van der Waals surface area contributed by atoms with Gasteiger partial charge in [0.2, 0.25) is 5.91 Å². The maximum atomic E-state index is 13.1. The third-order valence-corrected chi connectivity index (χ3v) is 5.62. The molecule has 0 radical (unpaired) electrons. The largest absolute Gasteiger partial charge is 0.440 e. The number of piperidine rings is 1. The van der Waals surface area contributed by atoms with E-state index in [-0.39, 0.29) is 19.0 Å². The predicted molar refractivity (Wildman–Crippen MR) is 116 cm³/mol. The molecule has 1 fully saturated rings. The summed E-state index contributed by atoms with van der Waals surface area (Å²) in [7, 11) is 0. The van der Waals surface area contributed by atoms with Crippen LogP contribution in [0.1, 0.15) is 18.4 Å². The molecule has 1 saturated heterocycles. The van der Waals surface area contributed by atoms with Crippen molar-refractivity contribution < 1.29 is 27.5 Å². The number of aromatic nitrogens is 2. The number of amides is 2. The molecule has 1 N–H and O–H groups in total. The molecule has 3 heterocycles. The Balaban J connectivity index is 1.48. The van der Waals surface area contributed by atoms with Crippen molar-refractivity contribution in [3.63, 3.8) is 0 Å². The lowest BCUT2D eigenvalue weighted by Gasteiger charge is -2.30. The van der Waals surface area contributed by atoms with Crippen LogP contribution in [-0.2, 0) is 9.53 Å². The second-order valence-corrected chi connectivity index (χ2v) is 7.98. The molecule has 10 heteroatoms. The Kier molecular flexibility index (Phi) is 6.26. The molecule has 1 aromatic carbocycles. The Morgan fingerprint density at radius 1 is 1.12 bits per heavy atom. The van der Waals surface area contributed by atoms with Gasteiger partial charge in [-0.2, -0.15) is 13.2 Å². The minimum atomic E-state index is -4.57. The first-order valence-electron chi connectivity index (χ1n) is 10.6. The summed E-state index contributed by atoms with van der Waals surface area (Å²) in [6.45, 7) is 0.609. The Morgan fingerprint density at radius 3 is 2.48 bits per heavy atom. The predicted octanol–water partition coefficient (Wildman–Crippen LogP) is 4.66. The molecule has 4 rings (SSSR count). The van der Waals surface area contributed by atoms with Crippen LogP contribution in [-0.4, -0.2) is 52.2 Å². The van der Waals surface area contributed by atoms with Crippen LogP contribution in [0.3, 0.4) is 0 Å². The van der Waals surface area contributed by atoms with Gasteiger partial charge in [0.1, 0.15) is 17.2 Å². The van der Waals surface area contributed by atoms with Gasteiger partial charge in [-0.05, 0) is 31.4 Å². The molecular formula is C23H23F3N4O3. The summed E-state index contributed by atoms with van der Waals surface area (Å²) in [4.78, 5) is 30.9. The first-order valence-corrected chi connectivity index (χ1v) is 10.6. The molecule has 0 unspecified atom stereocenters. The maximum absolute atomic E-state index is 13.1. The van der Waals surface area contributed by atoms with Crippen molar-refractivity contribution in [3.8, 4) is 11.3 Å². The Hall–Kier alpha value is -3.56. The van der Waals surface area contributed by atoms with Crippen molar-refractivity contribution >= 4 is 23.5 Å². The number of nitrogens with zero attached hydrogens (tertiary/aromatic N) is 3. The molecule has 1 aliphatic rings. The van der Waals surface area contributed by atoms with E-state index in [1.807, 2.05) is 60.0 Å². The molecule has 3 aromatic rings. The van der Waals surface area contributed by atoms with E-state index < -0.39 is 24.8 Å². The summed E-state index contributed by atoms with van der Waals surface area (Å²) in [5, 5.41) is 3.00. The summed E-state index contributed by atoms with van der Waals surface area (Å²) in [6, 6.07) is 13.3. The normalized spacial score (nSPS) is 15.0. The minimum Gasteiger partial charge on any atom is -0.440 e. The van der Waals surface area contributed by atoms with Crippen molar-refractivity contribution in [2.24, 2.45) is 5.92 Å². The van der Waals surface area contributed by atoms with Gasteiger partial charge < -0.3 is 15.0 Å². The number of halogens is 3. The molecule has 2 amide bonds. The second kappa shape index (κ2) is 9.13. The van der Waals surface area contributed by atoms with Crippen LogP contribution in [0.15, 0.2) is 48.7 Å². The van der Waals surface area contributed by atoms with Gasteiger partial charge in [0.05, 0.1) is 0 Å². The van der Waals surface area contributed by atoms with Crippen LogP contribution < -0.4 is 5.32 Å². The highest BCUT2D eigenvalue weighted by atomic mass is 19.4. The van der Waals surface area contributed by atoms with E-state index >= 15 is 0 Å². The first kappa shape index (κ1) is 22.6. The topological polar surface area (TPSA) is 75.9 Å². The Labute approximate surface area is 188 Å². The fourth-order valence-electron chi connectivity index (χ4n) is 3.90. The molecule has 174 valence electrons. The summed E-state index contributed by atoms with van der Waals surface area (Å²) in [5.41, 5.74) is 3.19. The van der Waals surface area contributed by atoms with E-state index in [1.165, 1.54) is 4.90 Å². The lowest BCUT2D eigenvalue weighted by atomic mass is 9.96. The van der Waals surface area contributed by atoms with E-state index in [2.05, 4.69) is 10.1 Å². The number of pyridine rings is 1. The summed E-state index contributed by atoms with van der Waals surface area (Å²) in [5.74, 6) is -0.0636. The van der Waals surface area contributed by atoms with E-state index in [0.29, 0.717) is 24.4 Å². The number of carbonyl (C=O) groups excluding carboxylic acids is 2. The maximum Gasteiger partial charge on any atom is 0.422 e. The molecule has 1 aliphatic heterocycles. The van der Waals surface area contributed by atoms with Gasteiger partial charge in [0, 0.05) is 30.8 Å². The smallest absolute Gasteiger partial charge is 0.422 e. The lowest BCUT2D eigenvalue weighted by molar-refractivity contribution is -0.162. The third kappa shape index (κ3) is 5.10. The van der Waals surface area contributed by atoms with Crippen LogP contribution in [0.2, 0.25) is 0 Å². The van der Waals surface area contributed by atoms with Crippen LogP contribution in [0.5, 0.6) is 0 Å². The number of imidazole rings is 1. The van der Waals surface area contributed by atoms with Gasteiger partial charge in [-0.3, -0.25) is 9.20 Å². The molecular weight excluding hydrogens is 437 g/mol. The fourth-order valence-corrected chi connectivity index (χ4v) is 3.90. The molecule has 0 atom stereocenters. The quantitative estimate of drug-likeness (QED) is 0.615. The number of alkyl halides is 3. The van der Waals surface area contributed by atoms with Crippen molar-refractivity contribution in [3.05, 3.63) is 54.2 Å². The van der Waals surface area contributed by atoms with Crippen LogP contribution in [0.25, 0.3) is 16.9 Å². The van der Waals surface area contributed by atoms with Crippen molar-refractivity contribution in [1.82, 2.24) is 14.3 Å². The monoisotopic (exact) mass is 460 g/mol. The zero-order valence-corrected chi connectivity index (χ0v) is 17.9. The Bertz CT molecular complexity index is 1150. The van der Waals surface area contributed by atoms with Crippen molar-refractivity contribution in [1.29, 1.82) is 0 Å². The molecule has 33 heavy (non-hydrogen) atoms. The van der Waals surface area contributed by atoms with Gasteiger partial charge in [-0.25, -0.2) is 9.78 Å². The van der Waals surface area contributed by atoms with Crippen LogP contribution >= 0.6 is 0 Å². The van der Waals surface area contributed by atoms with Crippen LogP contribution in [0, 0.1) is 12.8 Å². The number of rotatable bonds is 4. The molecule has 0 saturated carbocycles. The van der Waals surface area contributed by atoms with E-state index in [9.17, 15) is 22.8 Å². The van der Waals surface area contributed by atoms with Gasteiger partial charge in [0.25, 0.3) is 0 Å². The average Bonchev–Trinajstić information content (AvgIpc) is 3.17. The number of nitrogens with one attached hydrogen (secondary N) is 1. The van der Waals surface area contributed by atoms with E-state index in [1.54, 1.807) is 0 Å². The number of hydrogen-bond acceptors (Lipinski definition) is 4. The number of hydrogen-bond donors (Lipinski definition) is 1. The van der Waals surface area contributed by atoms with Gasteiger partial charge in [-0.15, -0.1) is 0 Å². The molecule has 0 spiro atoms. The minimum absolute atomic E-state index is 0.145. The number of anilines is 1. The van der Waals surface area contributed by atoms with E-state index in [0.717, 1.165) is 16.8 Å². The summed E-state index contributed by atoms with van der Waals surface area (Å²) < 4.78 is 42.9.